The average Bonchev–Trinajstić information content (AvgIpc) is 2.48. The Bertz CT molecular complexity index is 581. The Hall–Kier alpha value is -1.87. The molecule has 2 rings (SSSR count). The quantitative estimate of drug-likeness (QED) is 0.825. The van der Waals surface area contributed by atoms with E-state index in [0.717, 1.165) is 42.9 Å². The molecule has 0 radical (unpaired) electrons. The van der Waals surface area contributed by atoms with Gasteiger partial charge in [0.05, 0.1) is 0 Å². The maximum Gasteiger partial charge on any atom is 0.219 e. The number of benzene rings is 1. The number of hydrogen-bond donors (Lipinski definition) is 1. The van der Waals surface area contributed by atoms with Gasteiger partial charge in [0.2, 0.25) is 5.88 Å². The molecule has 0 saturated heterocycles. The Morgan fingerprint density at radius 1 is 1.14 bits per heavy atom. The minimum atomic E-state index is 0.683. The summed E-state index contributed by atoms with van der Waals surface area (Å²) in [5.41, 5.74) is 3.43. The number of para-hydroxylation sites is 1. The maximum atomic E-state index is 5.98. The number of aryl methyl sites for hydroxylation is 2. The second kappa shape index (κ2) is 7.79. The minimum absolute atomic E-state index is 0.683. The first-order valence-electron chi connectivity index (χ1n) is 7.67. The van der Waals surface area contributed by atoms with E-state index >= 15 is 0 Å². The van der Waals surface area contributed by atoms with Crippen LogP contribution in [-0.4, -0.2) is 11.5 Å². The van der Waals surface area contributed by atoms with Crippen molar-refractivity contribution in [3.63, 3.8) is 0 Å². The van der Waals surface area contributed by atoms with E-state index in [-0.39, 0.29) is 0 Å². The van der Waals surface area contributed by atoms with E-state index < -0.39 is 0 Å². The van der Waals surface area contributed by atoms with E-state index in [1.165, 1.54) is 5.56 Å². The van der Waals surface area contributed by atoms with Crippen LogP contribution < -0.4 is 10.1 Å². The SMILES string of the molecule is CCCc1cc(CNCC)cc(Oc2ccccc2C)n1. The van der Waals surface area contributed by atoms with Crippen molar-refractivity contribution in [2.45, 2.75) is 40.2 Å². The van der Waals surface area contributed by atoms with Crippen molar-refractivity contribution in [1.29, 1.82) is 0 Å². The molecule has 3 heteroatoms. The molecular weight excluding hydrogens is 260 g/mol. The van der Waals surface area contributed by atoms with Crippen LogP contribution in [-0.2, 0) is 13.0 Å². The van der Waals surface area contributed by atoms with Gasteiger partial charge in [0.15, 0.2) is 0 Å². The summed E-state index contributed by atoms with van der Waals surface area (Å²) in [6.07, 6.45) is 2.06. The largest absolute Gasteiger partial charge is 0.439 e. The second-order valence-corrected chi connectivity index (χ2v) is 5.20. The molecule has 2 aromatic rings. The van der Waals surface area contributed by atoms with E-state index in [1.807, 2.05) is 37.3 Å². The highest BCUT2D eigenvalue weighted by molar-refractivity contribution is 5.36. The number of ether oxygens (including phenoxy) is 1. The lowest BCUT2D eigenvalue weighted by molar-refractivity contribution is 0.456. The Morgan fingerprint density at radius 3 is 2.67 bits per heavy atom. The van der Waals surface area contributed by atoms with Crippen LogP contribution in [0.2, 0.25) is 0 Å². The van der Waals surface area contributed by atoms with Crippen LogP contribution in [0.15, 0.2) is 36.4 Å². The van der Waals surface area contributed by atoms with E-state index in [9.17, 15) is 0 Å². The molecule has 0 unspecified atom stereocenters. The third-order valence-electron chi connectivity index (χ3n) is 3.31. The Kier molecular flexibility index (Phi) is 5.76. The van der Waals surface area contributed by atoms with Gasteiger partial charge in [-0.1, -0.05) is 38.5 Å². The predicted molar refractivity (Wildman–Crippen MR) is 86.9 cm³/mol. The summed E-state index contributed by atoms with van der Waals surface area (Å²) < 4.78 is 5.98. The number of nitrogens with one attached hydrogen (secondary N) is 1. The zero-order valence-corrected chi connectivity index (χ0v) is 13.1. The van der Waals surface area contributed by atoms with Crippen LogP contribution in [0.4, 0.5) is 0 Å². The van der Waals surface area contributed by atoms with Gasteiger partial charge in [-0.3, -0.25) is 0 Å². The summed E-state index contributed by atoms with van der Waals surface area (Å²) in [5.74, 6) is 1.55. The van der Waals surface area contributed by atoms with Gasteiger partial charge in [0, 0.05) is 18.3 Å². The highest BCUT2D eigenvalue weighted by Crippen LogP contribution is 2.24. The molecule has 21 heavy (non-hydrogen) atoms. The van der Waals surface area contributed by atoms with Gasteiger partial charge < -0.3 is 10.1 Å². The first-order valence-corrected chi connectivity index (χ1v) is 7.67. The third kappa shape index (κ3) is 4.57. The van der Waals surface area contributed by atoms with Crippen LogP contribution in [0.5, 0.6) is 11.6 Å². The number of aromatic nitrogens is 1. The molecule has 3 nitrogen and oxygen atoms in total. The van der Waals surface area contributed by atoms with Gasteiger partial charge in [-0.2, -0.15) is 0 Å². The number of rotatable bonds is 7. The van der Waals surface area contributed by atoms with Crippen molar-refractivity contribution >= 4 is 0 Å². The zero-order valence-electron chi connectivity index (χ0n) is 13.1. The summed E-state index contributed by atoms with van der Waals surface area (Å²) in [5, 5.41) is 3.35. The molecular formula is C18H24N2O. The van der Waals surface area contributed by atoms with Gasteiger partial charge in [0.25, 0.3) is 0 Å². The Balaban J connectivity index is 2.24. The normalized spacial score (nSPS) is 10.6. The first kappa shape index (κ1) is 15.5. The highest BCUT2D eigenvalue weighted by Gasteiger charge is 2.06. The predicted octanol–water partition coefficient (Wildman–Crippen LogP) is 4.24. The molecule has 0 saturated carbocycles. The molecule has 1 aromatic heterocycles. The number of pyridine rings is 1. The summed E-state index contributed by atoms with van der Waals surface area (Å²) in [6.45, 7) is 8.13. The van der Waals surface area contributed by atoms with Crippen molar-refractivity contribution in [2.75, 3.05) is 6.54 Å². The summed E-state index contributed by atoms with van der Waals surface area (Å²) in [4.78, 5) is 4.62. The molecule has 0 fully saturated rings. The molecule has 0 bridgehead atoms. The Morgan fingerprint density at radius 2 is 1.95 bits per heavy atom. The average molecular weight is 284 g/mol. The van der Waals surface area contributed by atoms with Gasteiger partial charge in [0.1, 0.15) is 5.75 Å². The van der Waals surface area contributed by atoms with Crippen molar-refractivity contribution in [2.24, 2.45) is 0 Å². The van der Waals surface area contributed by atoms with E-state index in [1.54, 1.807) is 0 Å². The van der Waals surface area contributed by atoms with Crippen molar-refractivity contribution in [1.82, 2.24) is 10.3 Å². The van der Waals surface area contributed by atoms with Crippen LogP contribution >= 0.6 is 0 Å². The van der Waals surface area contributed by atoms with Crippen molar-refractivity contribution in [3.05, 3.63) is 53.2 Å². The molecule has 1 aromatic carbocycles. The molecule has 0 aliphatic heterocycles. The Labute approximate surface area is 127 Å². The molecule has 1 heterocycles. The fourth-order valence-corrected chi connectivity index (χ4v) is 2.21. The molecule has 0 amide bonds. The maximum absolute atomic E-state index is 5.98. The van der Waals surface area contributed by atoms with Gasteiger partial charge in [-0.25, -0.2) is 4.98 Å². The van der Waals surface area contributed by atoms with Gasteiger partial charge in [-0.15, -0.1) is 0 Å². The molecule has 1 N–H and O–H groups in total. The van der Waals surface area contributed by atoms with Gasteiger partial charge >= 0.3 is 0 Å². The van der Waals surface area contributed by atoms with Crippen molar-refractivity contribution < 1.29 is 4.74 Å². The van der Waals surface area contributed by atoms with Crippen LogP contribution in [0, 0.1) is 6.92 Å². The van der Waals surface area contributed by atoms with Crippen molar-refractivity contribution in [3.8, 4) is 11.6 Å². The molecule has 0 aliphatic carbocycles. The molecule has 0 spiro atoms. The zero-order chi connectivity index (χ0) is 15.1. The molecule has 0 aliphatic rings. The van der Waals surface area contributed by atoms with Crippen LogP contribution in [0.1, 0.15) is 37.1 Å². The van der Waals surface area contributed by atoms with Crippen LogP contribution in [0.3, 0.4) is 0 Å². The summed E-state index contributed by atoms with van der Waals surface area (Å²) in [7, 11) is 0. The van der Waals surface area contributed by atoms with Gasteiger partial charge in [-0.05, 0) is 43.1 Å². The second-order valence-electron chi connectivity index (χ2n) is 5.20. The lowest BCUT2D eigenvalue weighted by Gasteiger charge is -2.11. The third-order valence-corrected chi connectivity index (χ3v) is 3.31. The fourth-order valence-electron chi connectivity index (χ4n) is 2.21. The monoisotopic (exact) mass is 284 g/mol. The van der Waals surface area contributed by atoms with E-state index in [0.29, 0.717) is 5.88 Å². The smallest absolute Gasteiger partial charge is 0.219 e. The first-order chi connectivity index (χ1) is 10.2. The van der Waals surface area contributed by atoms with E-state index in [2.05, 4.69) is 30.2 Å². The van der Waals surface area contributed by atoms with Crippen LogP contribution in [0.25, 0.3) is 0 Å². The molecule has 0 atom stereocenters. The lowest BCUT2D eigenvalue weighted by Crippen LogP contribution is -2.12. The fraction of sp³-hybridized carbons (Fsp3) is 0.389. The molecule has 112 valence electrons. The topological polar surface area (TPSA) is 34.1 Å². The number of hydrogen-bond acceptors (Lipinski definition) is 3. The van der Waals surface area contributed by atoms with E-state index in [4.69, 9.17) is 4.74 Å². The highest BCUT2D eigenvalue weighted by atomic mass is 16.5. The number of nitrogens with zero attached hydrogens (tertiary/aromatic N) is 1. The standard InChI is InChI=1S/C18H24N2O/c1-4-8-16-11-15(13-19-5-2)12-18(20-16)21-17-10-7-6-9-14(17)3/h6-7,9-12,19H,4-5,8,13H2,1-3H3. The minimum Gasteiger partial charge on any atom is -0.439 e. The summed E-state index contributed by atoms with van der Waals surface area (Å²) >= 11 is 0. The summed E-state index contributed by atoms with van der Waals surface area (Å²) in [6, 6.07) is 12.2. The lowest BCUT2D eigenvalue weighted by atomic mass is 10.1.